The molecule has 106 valence electrons. The molecule has 0 saturated heterocycles. The van der Waals surface area contributed by atoms with Crippen molar-refractivity contribution in [2.45, 2.75) is 37.1 Å². The first-order chi connectivity index (χ1) is 9.20. The van der Waals surface area contributed by atoms with Crippen LogP contribution in [0, 0.1) is 5.92 Å². The lowest BCUT2D eigenvalue weighted by molar-refractivity contribution is 0.0934. The summed E-state index contributed by atoms with van der Waals surface area (Å²) in [7, 11) is 1.57. The van der Waals surface area contributed by atoms with Gasteiger partial charge in [0.05, 0.1) is 0 Å². The number of methoxy groups -OCH3 is 1. The summed E-state index contributed by atoms with van der Waals surface area (Å²) in [4.78, 5) is 12.4. The second kappa shape index (κ2) is 7.05. The van der Waals surface area contributed by atoms with E-state index in [9.17, 15) is 4.79 Å². The van der Waals surface area contributed by atoms with E-state index in [1.165, 1.54) is 19.3 Å². The standard InChI is InChI=1S/C13H19BrN2O3/c1-18-8-10-6-12(16-19-10)13(17)15-7-9-4-2-3-5-11(9)14/h6,9,11H,2-5,7-8H2,1H3,(H,15,17). The van der Waals surface area contributed by atoms with Gasteiger partial charge in [-0.05, 0) is 18.8 Å². The third-order valence-electron chi connectivity index (χ3n) is 3.42. The molecule has 0 aromatic carbocycles. The van der Waals surface area contributed by atoms with Crippen LogP contribution in [0.2, 0.25) is 0 Å². The van der Waals surface area contributed by atoms with E-state index in [0.29, 0.717) is 35.4 Å². The largest absolute Gasteiger partial charge is 0.377 e. The number of carbonyl (C=O) groups excluding carboxylic acids is 1. The van der Waals surface area contributed by atoms with Gasteiger partial charge in [0, 0.05) is 24.5 Å². The van der Waals surface area contributed by atoms with Gasteiger partial charge in [-0.2, -0.15) is 0 Å². The van der Waals surface area contributed by atoms with E-state index in [1.54, 1.807) is 13.2 Å². The van der Waals surface area contributed by atoms with Crippen molar-refractivity contribution in [3.8, 4) is 0 Å². The molecular weight excluding hydrogens is 312 g/mol. The van der Waals surface area contributed by atoms with Crippen LogP contribution < -0.4 is 5.32 Å². The first-order valence-electron chi connectivity index (χ1n) is 6.57. The minimum atomic E-state index is -0.184. The van der Waals surface area contributed by atoms with Crippen LogP contribution in [0.5, 0.6) is 0 Å². The molecule has 1 fully saturated rings. The van der Waals surface area contributed by atoms with Gasteiger partial charge in [-0.15, -0.1) is 0 Å². The van der Waals surface area contributed by atoms with Gasteiger partial charge in [-0.25, -0.2) is 0 Å². The van der Waals surface area contributed by atoms with Gasteiger partial charge in [0.25, 0.3) is 5.91 Å². The molecule has 1 aromatic heterocycles. The number of aromatic nitrogens is 1. The zero-order valence-corrected chi connectivity index (χ0v) is 12.6. The Labute approximate surface area is 121 Å². The maximum Gasteiger partial charge on any atom is 0.273 e. The minimum absolute atomic E-state index is 0.184. The molecule has 1 heterocycles. The molecular formula is C13H19BrN2O3. The fourth-order valence-corrected chi connectivity index (χ4v) is 3.11. The number of hydrogen-bond donors (Lipinski definition) is 1. The SMILES string of the molecule is COCc1cc(C(=O)NCC2CCCCC2Br)no1. The Morgan fingerprint density at radius 1 is 1.58 bits per heavy atom. The van der Waals surface area contributed by atoms with Crippen LogP contribution in [-0.4, -0.2) is 29.5 Å². The lowest BCUT2D eigenvalue weighted by Gasteiger charge is -2.27. The Morgan fingerprint density at radius 2 is 2.37 bits per heavy atom. The van der Waals surface area contributed by atoms with Gasteiger partial charge in [0.15, 0.2) is 11.5 Å². The highest BCUT2D eigenvalue weighted by atomic mass is 79.9. The average Bonchev–Trinajstić information content (AvgIpc) is 2.87. The molecule has 19 heavy (non-hydrogen) atoms. The number of nitrogens with one attached hydrogen (secondary N) is 1. The molecule has 0 radical (unpaired) electrons. The van der Waals surface area contributed by atoms with Crippen LogP contribution in [0.3, 0.4) is 0 Å². The predicted octanol–water partition coefficient (Wildman–Crippen LogP) is 2.50. The van der Waals surface area contributed by atoms with Gasteiger partial charge in [0.1, 0.15) is 6.61 Å². The van der Waals surface area contributed by atoms with E-state index < -0.39 is 0 Å². The molecule has 1 saturated carbocycles. The van der Waals surface area contributed by atoms with Crippen molar-refractivity contribution < 1.29 is 14.1 Å². The summed E-state index contributed by atoms with van der Waals surface area (Å²) in [6.45, 7) is 1.01. The Balaban J connectivity index is 1.82. The van der Waals surface area contributed by atoms with Crippen molar-refractivity contribution in [1.82, 2.24) is 10.5 Å². The van der Waals surface area contributed by atoms with E-state index >= 15 is 0 Å². The van der Waals surface area contributed by atoms with Crippen molar-refractivity contribution >= 4 is 21.8 Å². The smallest absolute Gasteiger partial charge is 0.273 e. The van der Waals surface area contributed by atoms with Crippen molar-refractivity contribution in [3.05, 3.63) is 17.5 Å². The van der Waals surface area contributed by atoms with Gasteiger partial charge in [-0.3, -0.25) is 4.79 Å². The van der Waals surface area contributed by atoms with Gasteiger partial charge in [-0.1, -0.05) is 33.9 Å². The quantitative estimate of drug-likeness (QED) is 0.842. The molecule has 0 spiro atoms. The number of ether oxygens (including phenoxy) is 1. The number of carbonyl (C=O) groups is 1. The average molecular weight is 331 g/mol. The maximum absolute atomic E-state index is 11.9. The number of hydrogen-bond acceptors (Lipinski definition) is 4. The van der Waals surface area contributed by atoms with Crippen LogP contribution in [0.15, 0.2) is 10.6 Å². The van der Waals surface area contributed by atoms with Crippen molar-refractivity contribution in [3.63, 3.8) is 0 Å². The van der Waals surface area contributed by atoms with Gasteiger partial charge < -0.3 is 14.6 Å². The summed E-state index contributed by atoms with van der Waals surface area (Å²) < 4.78 is 9.91. The van der Waals surface area contributed by atoms with Crippen molar-refractivity contribution in [2.75, 3.05) is 13.7 Å². The molecule has 0 aliphatic heterocycles. The molecule has 5 nitrogen and oxygen atoms in total. The van der Waals surface area contributed by atoms with Crippen LogP contribution in [0.25, 0.3) is 0 Å². The fraction of sp³-hybridized carbons (Fsp3) is 0.692. The van der Waals surface area contributed by atoms with Crippen molar-refractivity contribution in [1.29, 1.82) is 0 Å². The number of halogens is 1. The molecule has 6 heteroatoms. The number of alkyl halides is 1. The Morgan fingerprint density at radius 3 is 3.11 bits per heavy atom. The zero-order chi connectivity index (χ0) is 13.7. The third-order valence-corrected chi connectivity index (χ3v) is 4.62. The molecule has 2 unspecified atom stereocenters. The summed E-state index contributed by atoms with van der Waals surface area (Å²) >= 11 is 3.68. The molecule has 1 aliphatic rings. The summed E-state index contributed by atoms with van der Waals surface area (Å²) in [6, 6.07) is 1.62. The molecule has 2 rings (SSSR count). The Hall–Kier alpha value is -0.880. The molecule has 2 atom stereocenters. The zero-order valence-electron chi connectivity index (χ0n) is 11.0. The predicted molar refractivity (Wildman–Crippen MR) is 74.2 cm³/mol. The van der Waals surface area contributed by atoms with E-state index in [4.69, 9.17) is 9.26 Å². The third kappa shape index (κ3) is 4.04. The molecule has 0 bridgehead atoms. The maximum atomic E-state index is 11.9. The Kier molecular flexibility index (Phi) is 5.39. The summed E-state index contributed by atoms with van der Waals surface area (Å²) in [5, 5.41) is 6.66. The highest BCUT2D eigenvalue weighted by molar-refractivity contribution is 9.09. The summed E-state index contributed by atoms with van der Waals surface area (Å²) in [6.07, 6.45) is 4.85. The molecule has 1 aliphatic carbocycles. The van der Waals surface area contributed by atoms with E-state index in [2.05, 4.69) is 26.4 Å². The number of amides is 1. The fourth-order valence-electron chi connectivity index (χ4n) is 2.34. The highest BCUT2D eigenvalue weighted by Gasteiger charge is 2.23. The molecule has 1 aromatic rings. The van der Waals surface area contributed by atoms with E-state index in [0.717, 1.165) is 6.42 Å². The van der Waals surface area contributed by atoms with Crippen LogP contribution >= 0.6 is 15.9 Å². The topological polar surface area (TPSA) is 64.4 Å². The first kappa shape index (κ1) is 14.5. The summed E-state index contributed by atoms with van der Waals surface area (Å²) in [5.74, 6) is 0.878. The minimum Gasteiger partial charge on any atom is -0.377 e. The van der Waals surface area contributed by atoms with E-state index in [-0.39, 0.29) is 5.91 Å². The normalized spacial score (nSPS) is 23.3. The second-order valence-corrected chi connectivity index (χ2v) is 6.06. The lowest BCUT2D eigenvalue weighted by atomic mass is 9.89. The number of nitrogens with zero attached hydrogens (tertiary/aromatic N) is 1. The van der Waals surface area contributed by atoms with Gasteiger partial charge in [0.2, 0.25) is 0 Å². The van der Waals surface area contributed by atoms with Crippen molar-refractivity contribution in [2.24, 2.45) is 5.92 Å². The monoisotopic (exact) mass is 330 g/mol. The van der Waals surface area contributed by atoms with Crippen LogP contribution in [-0.2, 0) is 11.3 Å². The van der Waals surface area contributed by atoms with Crippen LogP contribution in [0.1, 0.15) is 41.9 Å². The van der Waals surface area contributed by atoms with E-state index in [1.807, 2.05) is 0 Å². The Bertz CT molecular complexity index is 422. The lowest BCUT2D eigenvalue weighted by Crippen LogP contribution is -2.34. The summed E-state index contributed by atoms with van der Waals surface area (Å²) in [5.41, 5.74) is 0.314. The number of rotatable bonds is 5. The van der Waals surface area contributed by atoms with Crippen LogP contribution in [0.4, 0.5) is 0 Å². The molecule has 1 amide bonds. The first-order valence-corrected chi connectivity index (χ1v) is 7.49. The van der Waals surface area contributed by atoms with Gasteiger partial charge >= 0.3 is 0 Å². The second-order valence-electron chi connectivity index (χ2n) is 4.88. The molecule has 1 N–H and O–H groups in total. The highest BCUT2D eigenvalue weighted by Crippen LogP contribution is 2.29.